The van der Waals surface area contributed by atoms with E-state index >= 15 is 0 Å². The highest BCUT2D eigenvalue weighted by atomic mass is 16.5. The minimum absolute atomic E-state index is 0.342. The Balaban J connectivity index is 1.38. The van der Waals surface area contributed by atoms with Crippen molar-refractivity contribution in [3.8, 4) is 0 Å². The van der Waals surface area contributed by atoms with Crippen molar-refractivity contribution in [3.63, 3.8) is 0 Å². The zero-order valence-corrected chi connectivity index (χ0v) is 14.7. The molecule has 0 aromatic carbocycles. The second-order valence-corrected chi connectivity index (χ2v) is 7.08. The fourth-order valence-electron chi connectivity index (χ4n) is 3.67. The van der Waals surface area contributed by atoms with Crippen LogP contribution in [0.15, 0.2) is 22.9 Å². The molecule has 1 atom stereocenters. The third-order valence-corrected chi connectivity index (χ3v) is 5.15. The predicted octanol–water partition coefficient (Wildman–Crippen LogP) is 1.72. The van der Waals surface area contributed by atoms with Gasteiger partial charge >= 0.3 is 0 Å². The van der Waals surface area contributed by atoms with E-state index in [0.717, 1.165) is 37.6 Å². The van der Waals surface area contributed by atoms with Gasteiger partial charge in [-0.3, -0.25) is 4.90 Å². The van der Waals surface area contributed by atoms with Gasteiger partial charge in [0.15, 0.2) is 11.4 Å². The zero-order chi connectivity index (χ0) is 17.3. The number of anilines is 1. The second-order valence-electron chi connectivity index (χ2n) is 7.08. The SMILES string of the molecule is CCc1noc(C2(O)CCN(Cc3ccc(N4CCCC4)nc3)C2)n1. The number of pyridine rings is 1. The van der Waals surface area contributed by atoms with Crippen LogP contribution in [0, 0.1) is 0 Å². The fourth-order valence-corrected chi connectivity index (χ4v) is 3.67. The number of hydrogen-bond donors (Lipinski definition) is 1. The summed E-state index contributed by atoms with van der Waals surface area (Å²) in [5.74, 6) is 2.05. The van der Waals surface area contributed by atoms with E-state index in [-0.39, 0.29) is 0 Å². The molecule has 2 aliphatic rings. The molecular weight excluding hydrogens is 318 g/mol. The first-order chi connectivity index (χ1) is 12.2. The van der Waals surface area contributed by atoms with Crippen LogP contribution < -0.4 is 4.90 Å². The highest BCUT2D eigenvalue weighted by Gasteiger charge is 2.42. The van der Waals surface area contributed by atoms with E-state index < -0.39 is 5.60 Å². The fraction of sp³-hybridized carbons (Fsp3) is 0.611. The summed E-state index contributed by atoms with van der Waals surface area (Å²) in [5.41, 5.74) is 0.121. The molecule has 1 N–H and O–H groups in total. The maximum Gasteiger partial charge on any atom is 0.259 e. The van der Waals surface area contributed by atoms with Gasteiger partial charge in [0, 0.05) is 45.3 Å². The normalized spacial score (nSPS) is 24.3. The Labute approximate surface area is 147 Å². The third-order valence-electron chi connectivity index (χ3n) is 5.15. The van der Waals surface area contributed by atoms with Gasteiger partial charge < -0.3 is 14.5 Å². The van der Waals surface area contributed by atoms with Crippen molar-refractivity contribution in [2.24, 2.45) is 0 Å². The van der Waals surface area contributed by atoms with Gasteiger partial charge in [0.05, 0.1) is 0 Å². The van der Waals surface area contributed by atoms with Crippen LogP contribution in [-0.4, -0.2) is 51.3 Å². The molecule has 0 spiro atoms. The van der Waals surface area contributed by atoms with Crippen LogP contribution in [0.4, 0.5) is 5.82 Å². The largest absolute Gasteiger partial charge is 0.379 e. The molecule has 2 saturated heterocycles. The highest BCUT2D eigenvalue weighted by Crippen LogP contribution is 2.31. The molecule has 0 amide bonds. The van der Waals surface area contributed by atoms with Gasteiger partial charge in [0.25, 0.3) is 5.89 Å². The summed E-state index contributed by atoms with van der Waals surface area (Å²) in [6.45, 7) is 6.26. The van der Waals surface area contributed by atoms with E-state index in [0.29, 0.717) is 31.1 Å². The molecule has 2 aliphatic heterocycles. The average Bonchev–Trinajstić information content (AvgIpc) is 3.37. The van der Waals surface area contributed by atoms with Crippen molar-refractivity contribution in [2.75, 3.05) is 31.1 Å². The van der Waals surface area contributed by atoms with Crippen LogP contribution in [0.25, 0.3) is 0 Å². The molecule has 7 nitrogen and oxygen atoms in total. The standard InChI is InChI=1S/C18H25N5O2/c1-2-15-20-17(25-21-15)18(24)7-10-22(13-18)12-14-5-6-16(19-11-14)23-8-3-4-9-23/h5-6,11,24H,2-4,7-10,12-13H2,1H3. The minimum Gasteiger partial charge on any atom is -0.379 e. The molecule has 4 heterocycles. The van der Waals surface area contributed by atoms with Gasteiger partial charge in [0.2, 0.25) is 0 Å². The van der Waals surface area contributed by atoms with Crippen LogP contribution in [0.1, 0.15) is 43.5 Å². The molecule has 2 fully saturated rings. The molecule has 0 aliphatic carbocycles. The van der Waals surface area contributed by atoms with E-state index in [1.807, 2.05) is 13.1 Å². The third kappa shape index (κ3) is 3.39. The molecular formula is C18H25N5O2. The second kappa shape index (κ2) is 6.72. The Hall–Kier alpha value is -1.99. The van der Waals surface area contributed by atoms with Gasteiger partial charge in [-0.25, -0.2) is 4.98 Å². The van der Waals surface area contributed by atoms with Gasteiger partial charge in [-0.15, -0.1) is 0 Å². The first kappa shape index (κ1) is 16.5. The molecule has 25 heavy (non-hydrogen) atoms. The molecule has 0 radical (unpaired) electrons. The molecule has 134 valence electrons. The number of aryl methyl sites for hydroxylation is 1. The van der Waals surface area contributed by atoms with Crippen LogP contribution >= 0.6 is 0 Å². The molecule has 0 saturated carbocycles. The summed E-state index contributed by atoms with van der Waals surface area (Å²) >= 11 is 0. The lowest BCUT2D eigenvalue weighted by Crippen LogP contribution is -2.31. The zero-order valence-electron chi connectivity index (χ0n) is 14.7. The number of aromatic nitrogens is 3. The number of hydrogen-bond acceptors (Lipinski definition) is 7. The summed E-state index contributed by atoms with van der Waals surface area (Å²) in [6, 6.07) is 4.24. The molecule has 1 unspecified atom stereocenters. The lowest BCUT2D eigenvalue weighted by atomic mass is 10.0. The first-order valence-electron chi connectivity index (χ1n) is 9.14. The molecule has 0 bridgehead atoms. The van der Waals surface area contributed by atoms with E-state index in [4.69, 9.17) is 4.52 Å². The van der Waals surface area contributed by atoms with Gasteiger partial charge in [-0.1, -0.05) is 18.1 Å². The van der Waals surface area contributed by atoms with E-state index in [9.17, 15) is 5.11 Å². The van der Waals surface area contributed by atoms with Crippen molar-refractivity contribution >= 4 is 5.82 Å². The highest BCUT2D eigenvalue weighted by molar-refractivity contribution is 5.40. The van der Waals surface area contributed by atoms with Gasteiger partial charge in [-0.2, -0.15) is 4.98 Å². The Morgan fingerprint density at radius 1 is 1.24 bits per heavy atom. The minimum atomic E-state index is -1.04. The predicted molar refractivity (Wildman–Crippen MR) is 93.2 cm³/mol. The Morgan fingerprint density at radius 2 is 2.08 bits per heavy atom. The van der Waals surface area contributed by atoms with Crippen molar-refractivity contribution in [3.05, 3.63) is 35.6 Å². The van der Waals surface area contributed by atoms with Crippen molar-refractivity contribution in [2.45, 2.75) is 44.8 Å². The summed E-state index contributed by atoms with van der Waals surface area (Å²) in [7, 11) is 0. The number of β-amino-alcohol motifs (C(OH)–C–C–N with tert-alkyl or cyclic N) is 1. The maximum absolute atomic E-state index is 10.8. The summed E-state index contributed by atoms with van der Waals surface area (Å²) in [5, 5.41) is 14.7. The first-order valence-corrected chi connectivity index (χ1v) is 9.14. The quantitative estimate of drug-likeness (QED) is 0.885. The summed E-state index contributed by atoms with van der Waals surface area (Å²) in [6.07, 6.45) is 5.78. The van der Waals surface area contributed by atoms with Crippen LogP contribution in [-0.2, 0) is 18.6 Å². The van der Waals surface area contributed by atoms with Gasteiger partial charge in [0.1, 0.15) is 5.82 Å². The number of nitrogens with zero attached hydrogens (tertiary/aromatic N) is 5. The topological polar surface area (TPSA) is 78.5 Å². The van der Waals surface area contributed by atoms with Crippen LogP contribution in [0.5, 0.6) is 0 Å². The number of rotatable bonds is 5. The number of likely N-dealkylation sites (tertiary alicyclic amines) is 1. The van der Waals surface area contributed by atoms with Crippen LogP contribution in [0.2, 0.25) is 0 Å². The lowest BCUT2D eigenvalue weighted by Gasteiger charge is -2.20. The van der Waals surface area contributed by atoms with Crippen molar-refractivity contribution in [1.82, 2.24) is 20.0 Å². The summed E-state index contributed by atoms with van der Waals surface area (Å²) < 4.78 is 5.26. The van der Waals surface area contributed by atoms with E-state index in [2.05, 4.69) is 37.1 Å². The Morgan fingerprint density at radius 3 is 2.76 bits per heavy atom. The monoisotopic (exact) mass is 343 g/mol. The average molecular weight is 343 g/mol. The molecule has 2 aromatic rings. The maximum atomic E-state index is 10.8. The molecule has 2 aromatic heterocycles. The molecule has 4 rings (SSSR count). The van der Waals surface area contributed by atoms with E-state index in [1.165, 1.54) is 12.8 Å². The van der Waals surface area contributed by atoms with Gasteiger partial charge in [-0.05, 0) is 30.9 Å². The van der Waals surface area contributed by atoms with Crippen LogP contribution in [0.3, 0.4) is 0 Å². The van der Waals surface area contributed by atoms with Crippen molar-refractivity contribution in [1.29, 1.82) is 0 Å². The Bertz CT molecular complexity index is 711. The smallest absolute Gasteiger partial charge is 0.259 e. The molecule has 7 heteroatoms. The van der Waals surface area contributed by atoms with E-state index in [1.54, 1.807) is 0 Å². The Kier molecular flexibility index (Phi) is 4.43. The van der Waals surface area contributed by atoms with Crippen molar-refractivity contribution < 1.29 is 9.63 Å². The summed E-state index contributed by atoms with van der Waals surface area (Å²) in [4.78, 5) is 13.5. The lowest BCUT2D eigenvalue weighted by molar-refractivity contribution is 0.0131. The number of aliphatic hydroxyl groups is 1.